The van der Waals surface area contributed by atoms with Crippen molar-refractivity contribution in [1.82, 2.24) is 15.1 Å². The largest absolute Gasteiger partial charge is 0.496 e. The SMILES string of the molecule is COc1ccc(F)cc1CN1CCN(C(=O)C2CNCCO2)CC1. The first-order valence-electron chi connectivity index (χ1n) is 8.33. The summed E-state index contributed by atoms with van der Waals surface area (Å²) in [5.41, 5.74) is 0.831. The molecule has 0 bridgehead atoms. The predicted molar refractivity (Wildman–Crippen MR) is 87.4 cm³/mol. The summed E-state index contributed by atoms with van der Waals surface area (Å²) in [4.78, 5) is 16.5. The number of benzene rings is 1. The van der Waals surface area contributed by atoms with E-state index in [1.807, 2.05) is 4.90 Å². The molecule has 0 aromatic heterocycles. The molecule has 1 aromatic rings. The molecule has 24 heavy (non-hydrogen) atoms. The van der Waals surface area contributed by atoms with Crippen molar-refractivity contribution < 1.29 is 18.7 Å². The molecule has 0 saturated carbocycles. The molecule has 1 atom stereocenters. The number of hydrogen-bond donors (Lipinski definition) is 1. The molecule has 1 amide bonds. The molecule has 0 spiro atoms. The van der Waals surface area contributed by atoms with Gasteiger partial charge in [-0.15, -0.1) is 0 Å². The number of rotatable bonds is 4. The number of halogens is 1. The fourth-order valence-corrected chi connectivity index (χ4v) is 3.17. The lowest BCUT2D eigenvalue weighted by Gasteiger charge is -2.37. The molecule has 7 heteroatoms. The molecule has 132 valence electrons. The topological polar surface area (TPSA) is 54.0 Å². The van der Waals surface area contributed by atoms with Crippen molar-refractivity contribution in [2.24, 2.45) is 0 Å². The van der Waals surface area contributed by atoms with Gasteiger partial charge in [0.2, 0.25) is 0 Å². The van der Waals surface area contributed by atoms with Crippen LogP contribution in [0.15, 0.2) is 18.2 Å². The molecule has 0 aliphatic carbocycles. The van der Waals surface area contributed by atoms with E-state index in [0.717, 1.165) is 25.2 Å². The van der Waals surface area contributed by atoms with Gasteiger partial charge in [0.1, 0.15) is 17.7 Å². The minimum atomic E-state index is -0.367. The fraction of sp³-hybridized carbons (Fsp3) is 0.588. The summed E-state index contributed by atoms with van der Waals surface area (Å²) in [7, 11) is 1.59. The van der Waals surface area contributed by atoms with Gasteiger partial charge in [-0.1, -0.05) is 0 Å². The van der Waals surface area contributed by atoms with Crippen LogP contribution in [0, 0.1) is 5.82 Å². The summed E-state index contributed by atoms with van der Waals surface area (Å²) in [6, 6.07) is 4.56. The first-order chi connectivity index (χ1) is 11.7. The monoisotopic (exact) mass is 337 g/mol. The van der Waals surface area contributed by atoms with Gasteiger partial charge in [-0.2, -0.15) is 0 Å². The first-order valence-corrected chi connectivity index (χ1v) is 8.33. The van der Waals surface area contributed by atoms with Crippen molar-refractivity contribution in [1.29, 1.82) is 0 Å². The lowest BCUT2D eigenvalue weighted by Crippen LogP contribution is -2.54. The zero-order chi connectivity index (χ0) is 16.9. The highest BCUT2D eigenvalue weighted by Gasteiger charge is 2.29. The van der Waals surface area contributed by atoms with Gasteiger partial charge in [-0.3, -0.25) is 9.69 Å². The van der Waals surface area contributed by atoms with E-state index in [0.29, 0.717) is 38.5 Å². The Labute approximate surface area is 141 Å². The van der Waals surface area contributed by atoms with Crippen LogP contribution >= 0.6 is 0 Å². The van der Waals surface area contributed by atoms with Crippen LogP contribution in [0.2, 0.25) is 0 Å². The van der Waals surface area contributed by atoms with E-state index in [4.69, 9.17) is 9.47 Å². The Balaban J connectivity index is 1.53. The minimum absolute atomic E-state index is 0.0604. The molecule has 2 saturated heterocycles. The Hall–Kier alpha value is -1.70. The lowest BCUT2D eigenvalue weighted by molar-refractivity contribution is -0.147. The van der Waals surface area contributed by atoms with Gasteiger partial charge in [0.25, 0.3) is 5.91 Å². The van der Waals surface area contributed by atoms with Crippen molar-refractivity contribution in [2.75, 3.05) is 53.0 Å². The summed E-state index contributed by atoms with van der Waals surface area (Å²) in [5.74, 6) is 0.489. The van der Waals surface area contributed by atoms with E-state index in [-0.39, 0.29) is 17.8 Å². The van der Waals surface area contributed by atoms with Crippen molar-refractivity contribution in [3.05, 3.63) is 29.6 Å². The Morgan fingerprint density at radius 1 is 1.38 bits per heavy atom. The Morgan fingerprint density at radius 3 is 2.83 bits per heavy atom. The number of hydrogen-bond acceptors (Lipinski definition) is 5. The Kier molecular flexibility index (Phi) is 5.65. The van der Waals surface area contributed by atoms with Crippen LogP contribution in [-0.2, 0) is 16.1 Å². The Bertz CT molecular complexity index is 570. The smallest absolute Gasteiger partial charge is 0.253 e. The second kappa shape index (κ2) is 7.92. The van der Waals surface area contributed by atoms with Crippen LogP contribution < -0.4 is 10.1 Å². The highest BCUT2D eigenvalue weighted by Crippen LogP contribution is 2.21. The zero-order valence-electron chi connectivity index (χ0n) is 14.0. The van der Waals surface area contributed by atoms with Gasteiger partial charge in [0.15, 0.2) is 0 Å². The maximum atomic E-state index is 13.5. The first kappa shape index (κ1) is 17.1. The summed E-state index contributed by atoms with van der Waals surface area (Å²) >= 11 is 0. The molecular weight excluding hydrogens is 313 g/mol. The van der Waals surface area contributed by atoms with Crippen LogP contribution in [0.4, 0.5) is 4.39 Å². The number of nitrogens with zero attached hydrogens (tertiary/aromatic N) is 2. The van der Waals surface area contributed by atoms with Gasteiger partial charge in [0.05, 0.1) is 13.7 Å². The average molecular weight is 337 g/mol. The molecule has 0 radical (unpaired) electrons. The minimum Gasteiger partial charge on any atom is -0.496 e. The number of ether oxygens (including phenoxy) is 2. The zero-order valence-corrected chi connectivity index (χ0v) is 14.0. The maximum absolute atomic E-state index is 13.5. The molecule has 2 aliphatic heterocycles. The number of amides is 1. The Morgan fingerprint density at radius 2 is 2.17 bits per heavy atom. The van der Waals surface area contributed by atoms with Crippen LogP contribution in [0.1, 0.15) is 5.56 Å². The molecule has 2 aliphatic rings. The number of methoxy groups -OCH3 is 1. The molecule has 2 heterocycles. The molecule has 2 fully saturated rings. The molecule has 3 rings (SSSR count). The molecule has 1 unspecified atom stereocenters. The number of carbonyl (C=O) groups excluding carboxylic acids is 1. The normalized spacial score (nSPS) is 22.4. The number of nitrogens with one attached hydrogen (secondary N) is 1. The van der Waals surface area contributed by atoms with E-state index < -0.39 is 0 Å². The molecular formula is C17H24FN3O3. The lowest BCUT2D eigenvalue weighted by atomic mass is 10.1. The summed E-state index contributed by atoms with van der Waals surface area (Å²) in [6.45, 7) is 5.41. The molecule has 1 N–H and O–H groups in total. The van der Waals surface area contributed by atoms with Crippen LogP contribution in [0.3, 0.4) is 0 Å². The van der Waals surface area contributed by atoms with Gasteiger partial charge in [-0.05, 0) is 18.2 Å². The maximum Gasteiger partial charge on any atom is 0.253 e. The summed E-state index contributed by atoms with van der Waals surface area (Å²) < 4.78 is 24.3. The third-order valence-electron chi connectivity index (χ3n) is 4.52. The third kappa shape index (κ3) is 4.03. The van der Waals surface area contributed by atoms with E-state index in [2.05, 4.69) is 10.2 Å². The van der Waals surface area contributed by atoms with Crippen LogP contribution in [0.25, 0.3) is 0 Å². The average Bonchev–Trinajstić information content (AvgIpc) is 2.63. The van der Waals surface area contributed by atoms with Gasteiger partial charge >= 0.3 is 0 Å². The van der Waals surface area contributed by atoms with Crippen molar-refractivity contribution in [2.45, 2.75) is 12.6 Å². The van der Waals surface area contributed by atoms with Crippen molar-refractivity contribution >= 4 is 5.91 Å². The molecule has 1 aromatic carbocycles. The van der Waals surface area contributed by atoms with Crippen molar-refractivity contribution in [3.63, 3.8) is 0 Å². The number of piperazine rings is 1. The summed E-state index contributed by atoms with van der Waals surface area (Å²) in [6.07, 6.45) is -0.367. The van der Waals surface area contributed by atoms with E-state index in [1.165, 1.54) is 12.1 Å². The van der Waals surface area contributed by atoms with Gasteiger partial charge < -0.3 is 19.7 Å². The van der Waals surface area contributed by atoms with E-state index >= 15 is 0 Å². The highest BCUT2D eigenvalue weighted by molar-refractivity contribution is 5.81. The van der Waals surface area contributed by atoms with Gasteiger partial charge in [0, 0.05) is 51.4 Å². The number of morpholine rings is 1. The summed E-state index contributed by atoms with van der Waals surface area (Å²) in [5, 5.41) is 3.18. The van der Waals surface area contributed by atoms with Crippen LogP contribution in [0.5, 0.6) is 5.75 Å². The van der Waals surface area contributed by atoms with E-state index in [9.17, 15) is 9.18 Å². The second-order valence-electron chi connectivity index (χ2n) is 6.12. The fourth-order valence-electron chi connectivity index (χ4n) is 3.17. The van der Waals surface area contributed by atoms with Gasteiger partial charge in [-0.25, -0.2) is 4.39 Å². The van der Waals surface area contributed by atoms with Crippen molar-refractivity contribution in [3.8, 4) is 5.75 Å². The molecule has 6 nitrogen and oxygen atoms in total. The van der Waals surface area contributed by atoms with Crippen LogP contribution in [-0.4, -0.2) is 74.8 Å². The predicted octanol–water partition coefficient (Wildman–Crippen LogP) is 0.467. The quantitative estimate of drug-likeness (QED) is 0.865. The highest BCUT2D eigenvalue weighted by atomic mass is 19.1. The number of carbonyl (C=O) groups is 1. The standard InChI is InChI=1S/C17H24FN3O3/c1-23-15-3-2-14(18)10-13(15)12-20-5-7-21(8-6-20)17(22)16-11-19-4-9-24-16/h2-3,10,16,19H,4-9,11-12H2,1H3. The second-order valence-corrected chi connectivity index (χ2v) is 6.12. The third-order valence-corrected chi connectivity index (χ3v) is 4.52. The van der Waals surface area contributed by atoms with E-state index in [1.54, 1.807) is 13.2 Å².